The van der Waals surface area contributed by atoms with Crippen LogP contribution in [0.3, 0.4) is 0 Å². The van der Waals surface area contributed by atoms with Crippen LogP contribution in [0.5, 0.6) is 5.75 Å². The van der Waals surface area contributed by atoms with Crippen LogP contribution in [0.25, 0.3) is 0 Å². The molecule has 0 saturated carbocycles. The van der Waals surface area contributed by atoms with Gasteiger partial charge in [0.2, 0.25) is 0 Å². The van der Waals surface area contributed by atoms with Gasteiger partial charge in [-0.2, -0.15) is 0 Å². The molecule has 21 heavy (non-hydrogen) atoms. The summed E-state index contributed by atoms with van der Waals surface area (Å²) < 4.78 is 32.5. The highest BCUT2D eigenvalue weighted by atomic mass is 79.9. The van der Waals surface area contributed by atoms with E-state index in [2.05, 4.69) is 15.9 Å². The fourth-order valence-corrected chi connectivity index (χ4v) is 3.32. The molecule has 2 aromatic rings. The average molecular weight is 416 g/mol. The second-order valence-electron chi connectivity index (χ2n) is 4.16. The van der Waals surface area contributed by atoms with Crippen LogP contribution in [-0.2, 0) is 0 Å². The monoisotopic (exact) mass is 414 g/mol. The van der Waals surface area contributed by atoms with E-state index in [0.29, 0.717) is 21.4 Å². The third-order valence-electron chi connectivity index (χ3n) is 2.86. The molecular formula is C14H8BrCl3F2O. The quantitative estimate of drug-likeness (QED) is 0.415. The second-order valence-corrected chi connectivity index (χ2v) is 6.30. The highest BCUT2D eigenvalue weighted by molar-refractivity contribution is 9.09. The Balaban J connectivity index is 2.52. The molecule has 0 aliphatic heterocycles. The van der Waals surface area contributed by atoms with Gasteiger partial charge in [-0.25, -0.2) is 8.78 Å². The highest BCUT2D eigenvalue weighted by Gasteiger charge is 2.21. The molecule has 0 N–H and O–H groups in total. The fraction of sp³-hybridized carbons (Fsp3) is 0.143. The molecule has 0 heterocycles. The Labute approximate surface area is 143 Å². The molecule has 112 valence electrons. The molecule has 0 saturated heterocycles. The smallest absolute Gasteiger partial charge is 0.142 e. The first-order valence-electron chi connectivity index (χ1n) is 5.66. The van der Waals surface area contributed by atoms with Crippen molar-refractivity contribution in [2.24, 2.45) is 0 Å². The fourth-order valence-electron chi connectivity index (χ4n) is 1.79. The molecule has 1 atom stereocenters. The lowest BCUT2D eigenvalue weighted by Crippen LogP contribution is -2.00. The number of methoxy groups -OCH3 is 1. The van der Waals surface area contributed by atoms with Crippen molar-refractivity contribution in [3.63, 3.8) is 0 Å². The molecule has 0 spiro atoms. The van der Waals surface area contributed by atoms with Gasteiger partial charge < -0.3 is 4.74 Å². The minimum Gasteiger partial charge on any atom is -0.495 e. The summed E-state index contributed by atoms with van der Waals surface area (Å²) in [5, 5.41) is 0.346. The van der Waals surface area contributed by atoms with Crippen LogP contribution in [0.15, 0.2) is 24.3 Å². The van der Waals surface area contributed by atoms with Crippen molar-refractivity contribution in [3.05, 3.63) is 62.1 Å². The number of halogens is 6. The molecule has 0 aromatic heterocycles. The van der Waals surface area contributed by atoms with E-state index in [-0.39, 0.29) is 10.6 Å². The first-order valence-corrected chi connectivity index (χ1v) is 7.71. The minimum atomic E-state index is -0.715. The van der Waals surface area contributed by atoms with Crippen LogP contribution < -0.4 is 4.74 Å². The van der Waals surface area contributed by atoms with Gasteiger partial charge in [0.25, 0.3) is 0 Å². The molecule has 0 bridgehead atoms. The highest BCUT2D eigenvalue weighted by Crippen LogP contribution is 2.41. The third kappa shape index (κ3) is 3.45. The summed E-state index contributed by atoms with van der Waals surface area (Å²) in [4.78, 5) is -0.680. The van der Waals surface area contributed by atoms with Crippen LogP contribution in [-0.4, -0.2) is 7.11 Å². The van der Waals surface area contributed by atoms with Crippen molar-refractivity contribution in [1.29, 1.82) is 0 Å². The van der Waals surface area contributed by atoms with E-state index < -0.39 is 16.5 Å². The molecule has 0 aliphatic carbocycles. The summed E-state index contributed by atoms with van der Waals surface area (Å²) >= 11 is 21.0. The summed E-state index contributed by atoms with van der Waals surface area (Å²) in [5.74, 6) is -0.965. The maximum Gasteiger partial charge on any atom is 0.142 e. The SMILES string of the molecule is COc1cc(Cl)c(C(Br)c2cc(F)c(Cl)cc2F)cc1Cl. The zero-order valence-corrected chi connectivity index (χ0v) is 14.4. The summed E-state index contributed by atoms with van der Waals surface area (Å²) in [6.07, 6.45) is 0. The number of alkyl halides is 1. The predicted molar refractivity (Wildman–Crippen MR) is 85.2 cm³/mol. The lowest BCUT2D eigenvalue weighted by atomic mass is 10.0. The predicted octanol–water partition coefficient (Wildman–Crippen LogP) is 6.42. The lowest BCUT2D eigenvalue weighted by molar-refractivity contribution is 0.415. The molecule has 0 amide bonds. The number of hydrogen-bond acceptors (Lipinski definition) is 1. The van der Waals surface area contributed by atoms with Crippen LogP contribution >= 0.6 is 50.7 Å². The van der Waals surface area contributed by atoms with Gasteiger partial charge in [0.15, 0.2) is 0 Å². The van der Waals surface area contributed by atoms with Gasteiger partial charge in [-0.1, -0.05) is 50.7 Å². The molecule has 0 aliphatic rings. The molecule has 0 radical (unpaired) electrons. The van der Waals surface area contributed by atoms with Crippen molar-refractivity contribution in [1.82, 2.24) is 0 Å². The number of rotatable bonds is 3. The average Bonchev–Trinajstić information content (AvgIpc) is 2.44. The Hall–Kier alpha value is -0.550. The molecule has 7 heteroatoms. The Morgan fingerprint density at radius 3 is 2.19 bits per heavy atom. The number of benzene rings is 2. The summed E-state index contributed by atoms with van der Waals surface area (Å²) in [6.45, 7) is 0. The number of ether oxygens (including phenoxy) is 1. The molecule has 2 rings (SSSR count). The molecule has 0 fully saturated rings. The molecule has 1 unspecified atom stereocenters. The third-order valence-corrected chi connectivity index (χ3v) is 4.76. The van der Waals surface area contributed by atoms with Crippen molar-refractivity contribution >= 4 is 50.7 Å². The summed E-state index contributed by atoms with van der Waals surface area (Å²) in [5.41, 5.74) is 0.558. The number of hydrogen-bond donors (Lipinski definition) is 0. The van der Waals surface area contributed by atoms with E-state index in [1.54, 1.807) is 0 Å². The largest absolute Gasteiger partial charge is 0.495 e. The first-order chi connectivity index (χ1) is 9.85. The van der Waals surface area contributed by atoms with Gasteiger partial charge >= 0.3 is 0 Å². The maximum absolute atomic E-state index is 14.0. The standard InChI is InChI=1S/C14H8BrCl3F2O/c1-21-13-5-8(16)6(2-10(13)18)14(15)7-3-12(20)9(17)4-11(7)19/h2-5,14H,1H3. The lowest BCUT2D eigenvalue weighted by Gasteiger charge is -2.16. The van der Waals surface area contributed by atoms with Crippen molar-refractivity contribution in [2.75, 3.05) is 7.11 Å². The van der Waals surface area contributed by atoms with Crippen molar-refractivity contribution < 1.29 is 13.5 Å². The van der Waals surface area contributed by atoms with Gasteiger partial charge in [-0.15, -0.1) is 0 Å². The Morgan fingerprint density at radius 1 is 0.905 bits per heavy atom. The second kappa shape index (κ2) is 6.69. The van der Waals surface area contributed by atoms with Crippen LogP contribution in [0, 0.1) is 11.6 Å². The van der Waals surface area contributed by atoms with Gasteiger partial charge in [0.05, 0.1) is 22.0 Å². The van der Waals surface area contributed by atoms with Gasteiger partial charge in [-0.05, 0) is 23.8 Å². The Kier molecular flexibility index (Phi) is 5.36. The van der Waals surface area contributed by atoms with E-state index in [0.717, 1.165) is 12.1 Å². The van der Waals surface area contributed by atoms with E-state index in [4.69, 9.17) is 39.5 Å². The minimum absolute atomic E-state index is 0.0695. The van der Waals surface area contributed by atoms with E-state index >= 15 is 0 Å². The summed E-state index contributed by atoms with van der Waals surface area (Å²) in [7, 11) is 1.46. The van der Waals surface area contributed by atoms with Gasteiger partial charge in [0, 0.05) is 16.7 Å². The van der Waals surface area contributed by atoms with Crippen molar-refractivity contribution in [3.8, 4) is 5.75 Å². The molecular weight excluding hydrogens is 408 g/mol. The van der Waals surface area contributed by atoms with Crippen LogP contribution in [0.4, 0.5) is 8.78 Å². The normalized spacial score (nSPS) is 12.3. The van der Waals surface area contributed by atoms with Gasteiger partial charge in [-0.3, -0.25) is 0 Å². The zero-order valence-electron chi connectivity index (χ0n) is 10.6. The van der Waals surface area contributed by atoms with Crippen molar-refractivity contribution in [2.45, 2.75) is 4.83 Å². The van der Waals surface area contributed by atoms with E-state index in [1.165, 1.54) is 19.2 Å². The summed E-state index contributed by atoms with van der Waals surface area (Å²) in [6, 6.07) is 4.98. The van der Waals surface area contributed by atoms with E-state index in [1.807, 2.05) is 0 Å². The first kappa shape index (κ1) is 16.8. The topological polar surface area (TPSA) is 9.23 Å². The van der Waals surface area contributed by atoms with Crippen LogP contribution in [0.1, 0.15) is 16.0 Å². The zero-order chi connectivity index (χ0) is 15.7. The molecule has 1 nitrogen and oxygen atoms in total. The van der Waals surface area contributed by atoms with E-state index in [9.17, 15) is 8.78 Å². The van der Waals surface area contributed by atoms with Gasteiger partial charge in [0.1, 0.15) is 17.4 Å². The Morgan fingerprint density at radius 2 is 1.57 bits per heavy atom. The Bertz CT molecular complexity index is 694. The maximum atomic E-state index is 14.0. The molecule has 2 aromatic carbocycles. The van der Waals surface area contributed by atoms with Crippen LogP contribution in [0.2, 0.25) is 15.1 Å².